The van der Waals surface area contributed by atoms with Crippen molar-refractivity contribution in [3.63, 3.8) is 0 Å². The largest absolute Gasteiger partial charge is 0.391 e. The van der Waals surface area contributed by atoms with Crippen LogP contribution in [0.4, 0.5) is 0 Å². The van der Waals surface area contributed by atoms with Gasteiger partial charge in [0.2, 0.25) is 0 Å². The van der Waals surface area contributed by atoms with Crippen LogP contribution in [0.25, 0.3) is 6.08 Å². The fourth-order valence-corrected chi connectivity index (χ4v) is 4.64. The van der Waals surface area contributed by atoms with E-state index in [1.54, 1.807) is 0 Å². The van der Waals surface area contributed by atoms with E-state index in [1.807, 2.05) is 0 Å². The zero-order valence-electron chi connectivity index (χ0n) is 12.7. The Morgan fingerprint density at radius 1 is 1.05 bits per heavy atom. The standard InChI is InChI=1S/C19H25NO/c21-18-8-4-3-7-17(18)20-13-11-19(12-14-20)10-9-15-5-1-2-6-16(15)19/h1-2,5-6,9-10,17-18,21H,3-4,7-8,11-14H2/t17-,18-/m1/s1. The minimum absolute atomic E-state index is 0.0980. The summed E-state index contributed by atoms with van der Waals surface area (Å²) in [5.41, 5.74) is 3.20. The molecule has 1 saturated carbocycles. The molecule has 21 heavy (non-hydrogen) atoms. The normalized spacial score (nSPS) is 31.5. The van der Waals surface area contributed by atoms with Crippen LogP contribution in [0.3, 0.4) is 0 Å². The third-order valence-electron chi connectivity index (χ3n) is 5.93. The Kier molecular flexibility index (Phi) is 3.39. The second-order valence-corrected chi connectivity index (χ2v) is 7.03. The maximum atomic E-state index is 10.3. The fourth-order valence-electron chi connectivity index (χ4n) is 4.64. The Labute approximate surface area is 127 Å². The molecule has 3 aliphatic rings. The molecule has 1 N–H and O–H groups in total. The third-order valence-corrected chi connectivity index (χ3v) is 5.93. The molecular formula is C19H25NO. The van der Waals surface area contributed by atoms with Gasteiger partial charge >= 0.3 is 0 Å². The number of rotatable bonds is 1. The van der Waals surface area contributed by atoms with Crippen molar-refractivity contribution in [2.24, 2.45) is 0 Å². The molecule has 2 nitrogen and oxygen atoms in total. The van der Waals surface area contributed by atoms with Crippen molar-refractivity contribution in [2.75, 3.05) is 13.1 Å². The first-order valence-corrected chi connectivity index (χ1v) is 8.49. The van der Waals surface area contributed by atoms with Gasteiger partial charge in [0.25, 0.3) is 0 Å². The van der Waals surface area contributed by atoms with Gasteiger partial charge < -0.3 is 5.11 Å². The zero-order chi connectivity index (χ0) is 14.3. The van der Waals surface area contributed by atoms with E-state index in [1.165, 1.54) is 43.2 Å². The molecule has 1 aromatic rings. The Morgan fingerprint density at radius 2 is 1.81 bits per heavy atom. The quantitative estimate of drug-likeness (QED) is 0.854. The topological polar surface area (TPSA) is 23.5 Å². The van der Waals surface area contributed by atoms with Crippen molar-refractivity contribution in [1.82, 2.24) is 4.90 Å². The van der Waals surface area contributed by atoms with Crippen molar-refractivity contribution in [3.8, 4) is 0 Å². The molecule has 0 unspecified atom stereocenters. The number of hydrogen-bond donors (Lipinski definition) is 1. The summed E-state index contributed by atoms with van der Waals surface area (Å²) in [5.74, 6) is 0. The minimum Gasteiger partial charge on any atom is -0.391 e. The number of hydrogen-bond acceptors (Lipinski definition) is 2. The molecule has 1 saturated heterocycles. The lowest BCUT2D eigenvalue weighted by Crippen LogP contribution is -2.51. The van der Waals surface area contributed by atoms with Crippen LogP contribution in [0, 0.1) is 0 Å². The highest BCUT2D eigenvalue weighted by molar-refractivity contribution is 5.65. The predicted molar refractivity (Wildman–Crippen MR) is 86.2 cm³/mol. The van der Waals surface area contributed by atoms with E-state index in [0.717, 1.165) is 19.5 Å². The van der Waals surface area contributed by atoms with Crippen molar-refractivity contribution in [3.05, 3.63) is 41.5 Å². The van der Waals surface area contributed by atoms with Gasteiger partial charge in [-0.3, -0.25) is 4.90 Å². The van der Waals surface area contributed by atoms with E-state index in [4.69, 9.17) is 0 Å². The Bertz CT molecular complexity index is 542. The number of aliphatic hydroxyl groups excluding tert-OH is 1. The predicted octanol–water partition coefficient (Wildman–Crippen LogP) is 3.35. The van der Waals surface area contributed by atoms with E-state index in [0.29, 0.717) is 6.04 Å². The second kappa shape index (κ2) is 5.26. The highest BCUT2D eigenvalue weighted by atomic mass is 16.3. The molecule has 0 aromatic heterocycles. The monoisotopic (exact) mass is 283 g/mol. The van der Waals surface area contributed by atoms with Gasteiger partial charge in [0, 0.05) is 11.5 Å². The lowest BCUT2D eigenvalue weighted by atomic mass is 9.74. The summed E-state index contributed by atoms with van der Waals surface area (Å²) < 4.78 is 0. The van der Waals surface area contributed by atoms with Crippen molar-refractivity contribution >= 4 is 6.08 Å². The first-order chi connectivity index (χ1) is 10.3. The van der Waals surface area contributed by atoms with Crippen LogP contribution < -0.4 is 0 Å². The summed E-state index contributed by atoms with van der Waals surface area (Å²) in [6.45, 7) is 2.25. The second-order valence-electron chi connectivity index (χ2n) is 7.03. The highest BCUT2D eigenvalue weighted by Gasteiger charge is 2.40. The van der Waals surface area contributed by atoms with Gasteiger partial charge in [-0.05, 0) is 49.9 Å². The molecule has 112 valence electrons. The van der Waals surface area contributed by atoms with Gasteiger partial charge in [-0.25, -0.2) is 0 Å². The number of nitrogens with zero attached hydrogens (tertiary/aromatic N) is 1. The maximum absolute atomic E-state index is 10.3. The van der Waals surface area contributed by atoms with E-state index in [-0.39, 0.29) is 11.5 Å². The molecule has 2 heteroatoms. The van der Waals surface area contributed by atoms with E-state index < -0.39 is 0 Å². The summed E-state index contributed by atoms with van der Waals surface area (Å²) in [5, 5.41) is 10.3. The van der Waals surface area contributed by atoms with Gasteiger partial charge in [0.05, 0.1) is 6.10 Å². The van der Waals surface area contributed by atoms with Crippen LogP contribution in [-0.2, 0) is 5.41 Å². The Hall–Kier alpha value is -1.12. The number of aliphatic hydroxyl groups is 1. The number of benzene rings is 1. The van der Waals surface area contributed by atoms with E-state index in [2.05, 4.69) is 41.3 Å². The van der Waals surface area contributed by atoms with Crippen LogP contribution in [0.1, 0.15) is 49.7 Å². The molecule has 4 rings (SSSR count). The fraction of sp³-hybridized carbons (Fsp3) is 0.579. The number of allylic oxidation sites excluding steroid dienone is 1. The average molecular weight is 283 g/mol. The molecule has 2 aliphatic carbocycles. The molecule has 0 amide bonds. The van der Waals surface area contributed by atoms with Crippen LogP contribution in [0.2, 0.25) is 0 Å². The van der Waals surface area contributed by atoms with Crippen LogP contribution >= 0.6 is 0 Å². The molecule has 1 aliphatic heterocycles. The van der Waals surface area contributed by atoms with E-state index >= 15 is 0 Å². The maximum Gasteiger partial charge on any atom is 0.0695 e. The SMILES string of the molecule is O[C@@H]1CCCC[C@H]1N1CCC2(C=Cc3ccccc32)CC1. The Morgan fingerprint density at radius 3 is 2.62 bits per heavy atom. The molecular weight excluding hydrogens is 258 g/mol. The summed E-state index contributed by atoms with van der Waals surface area (Å²) in [6.07, 6.45) is 11.7. The van der Waals surface area contributed by atoms with Gasteiger partial charge in [-0.2, -0.15) is 0 Å². The van der Waals surface area contributed by atoms with Crippen LogP contribution in [0.15, 0.2) is 30.3 Å². The lowest BCUT2D eigenvalue weighted by Gasteiger charge is -2.45. The number of fused-ring (bicyclic) bond motifs is 2. The smallest absolute Gasteiger partial charge is 0.0695 e. The number of piperidine rings is 1. The van der Waals surface area contributed by atoms with Crippen LogP contribution in [0.5, 0.6) is 0 Å². The van der Waals surface area contributed by atoms with E-state index in [9.17, 15) is 5.11 Å². The average Bonchev–Trinajstić information content (AvgIpc) is 2.88. The molecule has 0 bridgehead atoms. The van der Waals surface area contributed by atoms with Crippen LogP contribution in [-0.4, -0.2) is 35.2 Å². The molecule has 1 aromatic carbocycles. The lowest BCUT2D eigenvalue weighted by molar-refractivity contribution is 0.00392. The summed E-state index contributed by atoms with van der Waals surface area (Å²) in [7, 11) is 0. The first kappa shape index (κ1) is 13.5. The van der Waals surface area contributed by atoms with Crippen molar-refractivity contribution < 1.29 is 5.11 Å². The van der Waals surface area contributed by atoms with Gasteiger partial charge in [-0.1, -0.05) is 49.3 Å². The van der Waals surface area contributed by atoms with Crippen molar-refractivity contribution in [2.45, 2.75) is 56.1 Å². The zero-order valence-corrected chi connectivity index (χ0v) is 12.7. The van der Waals surface area contributed by atoms with Gasteiger partial charge in [-0.15, -0.1) is 0 Å². The minimum atomic E-state index is -0.0980. The van der Waals surface area contributed by atoms with Gasteiger partial charge in [0.1, 0.15) is 0 Å². The van der Waals surface area contributed by atoms with Gasteiger partial charge in [0.15, 0.2) is 0 Å². The number of likely N-dealkylation sites (tertiary alicyclic amines) is 1. The summed E-state index contributed by atoms with van der Waals surface area (Å²) in [6, 6.07) is 9.26. The highest BCUT2D eigenvalue weighted by Crippen LogP contribution is 2.44. The molecule has 2 atom stereocenters. The first-order valence-electron chi connectivity index (χ1n) is 8.49. The molecule has 1 heterocycles. The molecule has 0 radical (unpaired) electrons. The summed E-state index contributed by atoms with van der Waals surface area (Å²) in [4.78, 5) is 2.56. The Balaban J connectivity index is 1.49. The summed E-state index contributed by atoms with van der Waals surface area (Å²) >= 11 is 0. The molecule has 1 spiro atoms. The third kappa shape index (κ3) is 2.25. The van der Waals surface area contributed by atoms with Crippen molar-refractivity contribution in [1.29, 1.82) is 0 Å². The molecule has 2 fully saturated rings.